The van der Waals surface area contributed by atoms with Gasteiger partial charge in [-0.3, -0.25) is 9.59 Å². The minimum absolute atomic E-state index is 0.0427. The van der Waals surface area contributed by atoms with Crippen LogP contribution < -0.4 is 0 Å². The van der Waals surface area contributed by atoms with Crippen molar-refractivity contribution in [3.05, 3.63) is 12.2 Å². The van der Waals surface area contributed by atoms with Crippen molar-refractivity contribution in [1.82, 2.24) is 0 Å². The van der Waals surface area contributed by atoms with Crippen LogP contribution in [0.1, 0.15) is 20.8 Å². The van der Waals surface area contributed by atoms with E-state index in [2.05, 4.69) is 0 Å². The Balaban J connectivity index is 2.75. The highest BCUT2D eigenvalue weighted by atomic mass is 16.1. The van der Waals surface area contributed by atoms with Gasteiger partial charge in [-0.25, -0.2) is 0 Å². The molecule has 1 unspecified atom stereocenters. The van der Waals surface area contributed by atoms with E-state index in [-0.39, 0.29) is 29.3 Å². The number of allylic oxidation sites excluding steroid dienone is 2. The number of Topliss-reactive ketones (excluding diaryl/α,β-unsaturated/α-hetero) is 2. The number of carbonyl (C=O) groups is 2. The molecule has 0 aromatic heterocycles. The third-order valence-corrected chi connectivity index (χ3v) is 2.60. The average Bonchev–Trinajstić information content (AvgIpc) is 2.30. The van der Waals surface area contributed by atoms with Crippen LogP contribution in [0.4, 0.5) is 0 Å². The Hall–Kier alpha value is -0.920. The first-order valence-corrected chi connectivity index (χ1v) is 4.23. The van der Waals surface area contributed by atoms with E-state index in [0.29, 0.717) is 0 Å². The number of rotatable bonds is 2. The largest absolute Gasteiger partial charge is 0.299 e. The topological polar surface area (TPSA) is 34.1 Å². The van der Waals surface area contributed by atoms with Crippen LogP contribution in [0.5, 0.6) is 0 Å². The van der Waals surface area contributed by atoms with Crippen LogP contribution in [-0.2, 0) is 9.59 Å². The van der Waals surface area contributed by atoms with E-state index >= 15 is 0 Å². The molecule has 12 heavy (non-hydrogen) atoms. The second kappa shape index (κ2) is 3.21. The summed E-state index contributed by atoms with van der Waals surface area (Å²) in [4.78, 5) is 22.1. The zero-order valence-electron chi connectivity index (χ0n) is 7.70. The molecule has 1 aliphatic carbocycles. The van der Waals surface area contributed by atoms with E-state index in [4.69, 9.17) is 0 Å². The van der Waals surface area contributed by atoms with Crippen molar-refractivity contribution in [1.29, 1.82) is 0 Å². The minimum Gasteiger partial charge on any atom is -0.299 e. The smallest absolute Gasteiger partial charge is 0.136 e. The maximum Gasteiger partial charge on any atom is 0.136 e. The van der Waals surface area contributed by atoms with Gasteiger partial charge in [0.15, 0.2) is 0 Å². The first-order chi connectivity index (χ1) is 5.54. The van der Waals surface area contributed by atoms with Gasteiger partial charge in [-0.1, -0.05) is 19.1 Å². The molecule has 0 aromatic rings. The molecular formula is C10H14O2. The molecule has 0 aliphatic heterocycles. The fourth-order valence-electron chi connectivity index (χ4n) is 1.82. The van der Waals surface area contributed by atoms with Gasteiger partial charge in [0.05, 0.1) is 0 Å². The predicted molar refractivity (Wildman–Crippen MR) is 46.6 cm³/mol. The van der Waals surface area contributed by atoms with Crippen LogP contribution in [-0.4, -0.2) is 11.6 Å². The monoisotopic (exact) mass is 166 g/mol. The van der Waals surface area contributed by atoms with E-state index in [9.17, 15) is 9.59 Å². The molecule has 3 atom stereocenters. The molecule has 66 valence electrons. The highest BCUT2D eigenvalue weighted by molar-refractivity contribution is 5.86. The highest BCUT2D eigenvalue weighted by Crippen LogP contribution is 2.31. The lowest BCUT2D eigenvalue weighted by atomic mass is 9.86. The normalized spacial score (nSPS) is 33.8. The van der Waals surface area contributed by atoms with Gasteiger partial charge in [0.2, 0.25) is 0 Å². The lowest BCUT2D eigenvalue weighted by Crippen LogP contribution is -2.22. The zero-order chi connectivity index (χ0) is 9.30. The Labute approximate surface area is 72.7 Å². The molecule has 0 amide bonds. The fourth-order valence-corrected chi connectivity index (χ4v) is 1.82. The Morgan fingerprint density at radius 1 is 1.00 bits per heavy atom. The zero-order valence-corrected chi connectivity index (χ0v) is 7.70. The Morgan fingerprint density at radius 3 is 1.50 bits per heavy atom. The van der Waals surface area contributed by atoms with Gasteiger partial charge in [0.25, 0.3) is 0 Å². The SMILES string of the molecule is CC(=O)[C@H]1C=C[C@@H](C(C)=O)C1C. The van der Waals surface area contributed by atoms with Crippen LogP contribution >= 0.6 is 0 Å². The molecule has 2 heteroatoms. The van der Waals surface area contributed by atoms with E-state index in [1.165, 1.54) is 0 Å². The van der Waals surface area contributed by atoms with E-state index in [0.717, 1.165) is 0 Å². The molecular weight excluding hydrogens is 152 g/mol. The van der Waals surface area contributed by atoms with Crippen molar-refractivity contribution in [3.8, 4) is 0 Å². The first-order valence-electron chi connectivity index (χ1n) is 4.23. The Kier molecular flexibility index (Phi) is 2.46. The maximum atomic E-state index is 11.1. The number of carbonyl (C=O) groups excluding carboxylic acids is 2. The molecule has 0 aromatic carbocycles. The summed E-state index contributed by atoms with van der Waals surface area (Å²) < 4.78 is 0. The molecule has 1 rings (SSSR count). The summed E-state index contributed by atoms with van der Waals surface area (Å²) in [6.07, 6.45) is 3.72. The Bertz CT molecular complexity index is 216. The highest BCUT2D eigenvalue weighted by Gasteiger charge is 2.32. The summed E-state index contributed by atoms with van der Waals surface area (Å²) >= 11 is 0. The Morgan fingerprint density at radius 2 is 1.33 bits per heavy atom. The van der Waals surface area contributed by atoms with Crippen molar-refractivity contribution in [3.63, 3.8) is 0 Å². The van der Waals surface area contributed by atoms with Crippen LogP contribution in [0.25, 0.3) is 0 Å². The summed E-state index contributed by atoms with van der Waals surface area (Å²) in [6, 6.07) is 0. The maximum absolute atomic E-state index is 11.1. The molecule has 0 radical (unpaired) electrons. The van der Waals surface area contributed by atoms with Crippen molar-refractivity contribution in [2.24, 2.45) is 17.8 Å². The van der Waals surface area contributed by atoms with Gasteiger partial charge in [0, 0.05) is 11.8 Å². The molecule has 1 aliphatic rings. The molecule has 0 N–H and O–H groups in total. The number of ketones is 2. The van der Waals surface area contributed by atoms with Crippen molar-refractivity contribution >= 4 is 11.6 Å². The van der Waals surface area contributed by atoms with E-state index in [1.807, 2.05) is 19.1 Å². The second-order valence-corrected chi connectivity index (χ2v) is 3.52. The number of hydrogen-bond donors (Lipinski definition) is 0. The van der Waals surface area contributed by atoms with Gasteiger partial charge < -0.3 is 0 Å². The molecule has 0 heterocycles. The summed E-state index contributed by atoms with van der Waals surface area (Å²) in [6.45, 7) is 5.11. The van der Waals surface area contributed by atoms with Crippen LogP contribution in [0, 0.1) is 17.8 Å². The number of hydrogen-bond acceptors (Lipinski definition) is 2. The standard InChI is InChI=1S/C10H14O2/c1-6-9(7(2)11)4-5-10(6)8(3)12/h4-6,9-10H,1-3H3/t6?,9-,10+. The van der Waals surface area contributed by atoms with Crippen molar-refractivity contribution in [2.75, 3.05) is 0 Å². The summed E-state index contributed by atoms with van der Waals surface area (Å²) in [5.41, 5.74) is 0. The molecule has 2 nitrogen and oxygen atoms in total. The van der Waals surface area contributed by atoms with Gasteiger partial charge in [-0.15, -0.1) is 0 Å². The quantitative estimate of drug-likeness (QED) is 0.584. The average molecular weight is 166 g/mol. The molecule has 0 bridgehead atoms. The lowest BCUT2D eigenvalue weighted by molar-refractivity contribution is -0.123. The van der Waals surface area contributed by atoms with Gasteiger partial charge in [-0.05, 0) is 19.8 Å². The second-order valence-electron chi connectivity index (χ2n) is 3.52. The molecule has 0 saturated carbocycles. The lowest BCUT2D eigenvalue weighted by Gasteiger charge is -2.16. The third kappa shape index (κ3) is 1.47. The molecule has 0 saturated heterocycles. The van der Waals surface area contributed by atoms with Crippen LogP contribution in [0.3, 0.4) is 0 Å². The molecule has 0 spiro atoms. The van der Waals surface area contributed by atoms with Crippen LogP contribution in [0.15, 0.2) is 12.2 Å². The van der Waals surface area contributed by atoms with Crippen LogP contribution in [0.2, 0.25) is 0 Å². The van der Waals surface area contributed by atoms with E-state index < -0.39 is 0 Å². The van der Waals surface area contributed by atoms with E-state index in [1.54, 1.807) is 13.8 Å². The molecule has 0 fully saturated rings. The summed E-state index contributed by atoms with van der Waals surface area (Å²) in [5.74, 6) is 0.378. The van der Waals surface area contributed by atoms with Gasteiger partial charge >= 0.3 is 0 Å². The summed E-state index contributed by atoms with van der Waals surface area (Å²) in [7, 11) is 0. The summed E-state index contributed by atoms with van der Waals surface area (Å²) in [5, 5.41) is 0. The first kappa shape index (κ1) is 9.17. The minimum atomic E-state index is -0.0427. The van der Waals surface area contributed by atoms with Gasteiger partial charge in [-0.2, -0.15) is 0 Å². The van der Waals surface area contributed by atoms with Crippen molar-refractivity contribution < 1.29 is 9.59 Å². The third-order valence-electron chi connectivity index (χ3n) is 2.60. The van der Waals surface area contributed by atoms with Crippen molar-refractivity contribution in [2.45, 2.75) is 20.8 Å². The fraction of sp³-hybridized carbons (Fsp3) is 0.600. The van der Waals surface area contributed by atoms with Gasteiger partial charge in [0.1, 0.15) is 11.6 Å². The predicted octanol–water partition coefficient (Wildman–Crippen LogP) is 1.60.